The van der Waals surface area contributed by atoms with Crippen molar-refractivity contribution in [2.45, 2.75) is 6.10 Å². The van der Waals surface area contributed by atoms with Crippen LogP contribution in [0.15, 0.2) is 35.1 Å². The van der Waals surface area contributed by atoms with Crippen molar-refractivity contribution in [1.82, 2.24) is 5.16 Å². The fourth-order valence-electron chi connectivity index (χ4n) is 1.97. The maximum Gasteiger partial charge on any atom is 0.414 e. The van der Waals surface area contributed by atoms with Gasteiger partial charge in [0.2, 0.25) is 0 Å². The zero-order chi connectivity index (χ0) is 14.8. The Morgan fingerprint density at radius 2 is 2.10 bits per heavy atom. The molecule has 6 nitrogen and oxygen atoms in total. The molecule has 110 valence electrons. The SMILES string of the molecule is O=C1O[C@@H](COc2ccon2)CN1c1cc(F)cc(F)c1. The fraction of sp³-hybridized carbons (Fsp3) is 0.231. The van der Waals surface area contributed by atoms with Crippen molar-refractivity contribution in [2.75, 3.05) is 18.1 Å². The number of ether oxygens (including phenoxy) is 2. The molecule has 2 aromatic rings. The first-order valence-corrected chi connectivity index (χ1v) is 6.09. The third kappa shape index (κ3) is 2.93. The molecule has 0 spiro atoms. The van der Waals surface area contributed by atoms with Crippen LogP contribution < -0.4 is 9.64 Å². The Morgan fingerprint density at radius 1 is 1.33 bits per heavy atom. The summed E-state index contributed by atoms with van der Waals surface area (Å²) in [5, 5.41) is 3.55. The number of aromatic nitrogens is 1. The summed E-state index contributed by atoms with van der Waals surface area (Å²) in [6.07, 6.45) is 0.0898. The van der Waals surface area contributed by atoms with Crippen LogP contribution in [0.1, 0.15) is 0 Å². The Labute approximate surface area is 117 Å². The molecule has 2 heterocycles. The van der Waals surface area contributed by atoms with E-state index in [-0.39, 0.29) is 24.7 Å². The number of rotatable bonds is 4. The van der Waals surface area contributed by atoms with E-state index in [9.17, 15) is 13.6 Å². The molecular weight excluding hydrogens is 286 g/mol. The van der Waals surface area contributed by atoms with Crippen molar-refractivity contribution in [2.24, 2.45) is 0 Å². The van der Waals surface area contributed by atoms with Gasteiger partial charge >= 0.3 is 6.09 Å². The molecule has 1 aromatic heterocycles. The van der Waals surface area contributed by atoms with Crippen LogP contribution in [0.2, 0.25) is 0 Å². The van der Waals surface area contributed by atoms with Gasteiger partial charge in [-0.2, -0.15) is 0 Å². The van der Waals surface area contributed by atoms with Crippen LogP contribution in [-0.2, 0) is 4.74 Å². The topological polar surface area (TPSA) is 64.8 Å². The fourth-order valence-corrected chi connectivity index (χ4v) is 1.97. The predicted molar refractivity (Wildman–Crippen MR) is 66.0 cm³/mol. The molecule has 0 bridgehead atoms. The minimum atomic E-state index is -0.764. The molecule has 0 unspecified atom stereocenters. The summed E-state index contributed by atoms with van der Waals surface area (Å²) >= 11 is 0. The number of anilines is 1. The second-order valence-electron chi connectivity index (χ2n) is 4.39. The molecule has 0 radical (unpaired) electrons. The Hall–Kier alpha value is -2.64. The summed E-state index contributed by atoms with van der Waals surface area (Å²) in [5.74, 6) is -1.26. The second kappa shape index (κ2) is 5.39. The van der Waals surface area contributed by atoms with Crippen LogP contribution in [0.4, 0.5) is 19.3 Å². The number of benzene rings is 1. The van der Waals surface area contributed by atoms with E-state index in [1.165, 1.54) is 12.3 Å². The van der Waals surface area contributed by atoms with Gasteiger partial charge in [0.15, 0.2) is 6.10 Å². The van der Waals surface area contributed by atoms with Gasteiger partial charge in [-0.3, -0.25) is 4.90 Å². The van der Waals surface area contributed by atoms with Gasteiger partial charge in [-0.15, -0.1) is 0 Å². The van der Waals surface area contributed by atoms with Crippen LogP contribution in [0.25, 0.3) is 0 Å². The first-order valence-electron chi connectivity index (χ1n) is 6.09. The van der Waals surface area contributed by atoms with E-state index in [1.54, 1.807) is 0 Å². The maximum absolute atomic E-state index is 13.2. The number of halogens is 2. The van der Waals surface area contributed by atoms with Crippen molar-refractivity contribution in [1.29, 1.82) is 0 Å². The zero-order valence-corrected chi connectivity index (χ0v) is 10.7. The van der Waals surface area contributed by atoms with Gasteiger partial charge in [0.1, 0.15) is 24.5 Å². The molecule has 1 aliphatic heterocycles. The van der Waals surface area contributed by atoms with Crippen LogP contribution >= 0.6 is 0 Å². The molecule has 0 aliphatic carbocycles. The van der Waals surface area contributed by atoms with Crippen LogP contribution in [0.5, 0.6) is 5.88 Å². The number of carbonyl (C=O) groups is 1. The van der Waals surface area contributed by atoms with Gasteiger partial charge in [-0.25, -0.2) is 13.6 Å². The van der Waals surface area contributed by atoms with Gasteiger partial charge in [0, 0.05) is 12.1 Å². The van der Waals surface area contributed by atoms with Gasteiger partial charge in [-0.1, -0.05) is 0 Å². The molecule has 8 heteroatoms. The Kier molecular flexibility index (Phi) is 3.43. The maximum atomic E-state index is 13.2. The van der Waals surface area contributed by atoms with E-state index < -0.39 is 23.8 Å². The number of nitrogens with zero attached hydrogens (tertiary/aromatic N) is 2. The average molecular weight is 296 g/mol. The third-order valence-electron chi connectivity index (χ3n) is 2.86. The molecule has 1 aliphatic rings. The van der Waals surface area contributed by atoms with Crippen molar-refractivity contribution in [3.05, 3.63) is 42.2 Å². The minimum Gasteiger partial charge on any atom is -0.471 e. The Morgan fingerprint density at radius 3 is 2.76 bits per heavy atom. The standard InChI is InChI=1S/C13H10F2N2O4/c14-8-3-9(15)5-10(4-8)17-6-11(21-13(17)18)7-19-12-1-2-20-16-12/h1-5,11H,6-7H2/t11-/m1/s1. The summed E-state index contributed by atoms with van der Waals surface area (Å²) in [7, 11) is 0. The van der Waals surface area contributed by atoms with Gasteiger partial charge in [0.05, 0.1) is 12.2 Å². The summed E-state index contributed by atoms with van der Waals surface area (Å²) in [6, 6.07) is 4.36. The molecule has 0 N–H and O–H groups in total. The van der Waals surface area contributed by atoms with Crippen molar-refractivity contribution in [3.8, 4) is 5.88 Å². The van der Waals surface area contributed by atoms with Crippen molar-refractivity contribution < 1.29 is 27.6 Å². The second-order valence-corrected chi connectivity index (χ2v) is 4.39. The number of cyclic esters (lactones) is 1. The molecule has 1 fully saturated rings. The summed E-state index contributed by atoms with van der Waals surface area (Å²) < 4.78 is 41.3. The average Bonchev–Trinajstić information content (AvgIpc) is 3.04. The lowest BCUT2D eigenvalue weighted by molar-refractivity contribution is 0.102. The number of hydrogen-bond acceptors (Lipinski definition) is 5. The molecule has 0 saturated carbocycles. The first-order chi connectivity index (χ1) is 10.1. The molecule has 21 heavy (non-hydrogen) atoms. The van der Waals surface area contributed by atoms with Gasteiger partial charge in [-0.05, 0) is 17.3 Å². The van der Waals surface area contributed by atoms with E-state index in [4.69, 9.17) is 9.47 Å². The van der Waals surface area contributed by atoms with Crippen LogP contribution in [-0.4, -0.2) is 30.5 Å². The Bertz CT molecular complexity index is 627. The van der Waals surface area contributed by atoms with Crippen molar-refractivity contribution in [3.63, 3.8) is 0 Å². The monoisotopic (exact) mass is 296 g/mol. The number of carbonyl (C=O) groups excluding carboxylic acids is 1. The van der Waals surface area contributed by atoms with Crippen LogP contribution in [0, 0.1) is 11.6 Å². The number of hydrogen-bond donors (Lipinski definition) is 0. The Balaban J connectivity index is 1.66. The van der Waals surface area contributed by atoms with Crippen LogP contribution in [0.3, 0.4) is 0 Å². The number of amides is 1. The molecule has 1 saturated heterocycles. The predicted octanol–water partition coefficient (Wildman–Crippen LogP) is 2.36. The summed E-state index contributed by atoms with van der Waals surface area (Å²) in [5.41, 5.74) is 0.0986. The highest BCUT2D eigenvalue weighted by Gasteiger charge is 2.33. The smallest absolute Gasteiger partial charge is 0.414 e. The van der Waals surface area contributed by atoms with E-state index in [1.807, 2.05) is 0 Å². The van der Waals surface area contributed by atoms with Crippen molar-refractivity contribution >= 4 is 11.8 Å². The highest BCUT2D eigenvalue weighted by atomic mass is 19.1. The zero-order valence-electron chi connectivity index (χ0n) is 10.7. The summed E-state index contributed by atoms with van der Waals surface area (Å²) in [4.78, 5) is 12.9. The molecule has 3 rings (SSSR count). The third-order valence-corrected chi connectivity index (χ3v) is 2.86. The molecule has 1 amide bonds. The highest BCUT2D eigenvalue weighted by molar-refractivity contribution is 5.89. The van der Waals surface area contributed by atoms with Gasteiger partial charge in [0.25, 0.3) is 5.88 Å². The van der Waals surface area contributed by atoms with E-state index in [0.717, 1.165) is 23.1 Å². The van der Waals surface area contributed by atoms with Gasteiger partial charge < -0.3 is 14.0 Å². The lowest BCUT2D eigenvalue weighted by Gasteiger charge is -2.13. The highest BCUT2D eigenvalue weighted by Crippen LogP contribution is 2.24. The first kappa shape index (κ1) is 13.3. The molecule has 1 aromatic carbocycles. The minimum absolute atomic E-state index is 0.0621. The van der Waals surface area contributed by atoms with E-state index in [2.05, 4.69) is 9.68 Å². The lowest BCUT2D eigenvalue weighted by atomic mass is 10.2. The summed E-state index contributed by atoms with van der Waals surface area (Å²) in [6.45, 7) is 0.187. The quantitative estimate of drug-likeness (QED) is 0.866. The van der Waals surface area contributed by atoms with E-state index in [0.29, 0.717) is 0 Å². The van der Waals surface area contributed by atoms with E-state index >= 15 is 0 Å². The largest absolute Gasteiger partial charge is 0.471 e. The normalized spacial score (nSPS) is 17.9. The lowest BCUT2D eigenvalue weighted by Crippen LogP contribution is -2.26. The molecule has 1 atom stereocenters. The molecular formula is C13H10F2N2O4.